The Bertz CT molecular complexity index is 1260. The van der Waals surface area contributed by atoms with Crippen LogP contribution in [-0.2, 0) is 12.6 Å². The number of benzene rings is 4. The standard InChI is InChI=1S/C29H25F5/c1-2-3-4-5-6-19-7-8-22-16-23(10-9-21(22)15-19)24-17-26(30)28(27(31)18-24)20-11-13-25(14-12-20)29(32,33)34/h7-18H,2-6H2,1H3. The van der Waals surface area contributed by atoms with Crippen molar-refractivity contribution in [3.05, 3.63) is 95.6 Å². The Morgan fingerprint density at radius 2 is 1.24 bits per heavy atom. The summed E-state index contributed by atoms with van der Waals surface area (Å²) in [5.41, 5.74) is 1.16. The van der Waals surface area contributed by atoms with Crippen molar-refractivity contribution >= 4 is 10.8 Å². The SMILES string of the molecule is CCCCCCc1ccc2cc(-c3cc(F)c(-c4ccc(C(F)(F)F)cc4)c(F)c3)ccc2c1. The first kappa shape index (κ1) is 23.9. The van der Waals surface area contributed by atoms with Gasteiger partial charge in [-0.3, -0.25) is 0 Å². The zero-order chi connectivity index (χ0) is 24.3. The van der Waals surface area contributed by atoms with Crippen LogP contribution in [0.1, 0.15) is 43.7 Å². The van der Waals surface area contributed by atoms with Crippen molar-refractivity contribution in [1.29, 1.82) is 0 Å². The van der Waals surface area contributed by atoms with E-state index in [1.165, 1.54) is 37.0 Å². The molecule has 34 heavy (non-hydrogen) atoms. The number of alkyl halides is 3. The van der Waals surface area contributed by atoms with Gasteiger partial charge in [0.1, 0.15) is 11.6 Å². The summed E-state index contributed by atoms with van der Waals surface area (Å²) in [5, 5.41) is 2.04. The zero-order valence-electron chi connectivity index (χ0n) is 18.9. The molecule has 0 amide bonds. The van der Waals surface area contributed by atoms with Crippen LogP contribution in [0.4, 0.5) is 22.0 Å². The molecule has 0 spiro atoms. The molecule has 0 saturated carbocycles. The molecule has 0 aliphatic heterocycles. The highest BCUT2D eigenvalue weighted by Gasteiger charge is 2.30. The minimum atomic E-state index is -4.51. The van der Waals surface area contributed by atoms with Crippen LogP contribution in [0.25, 0.3) is 33.0 Å². The average molecular weight is 469 g/mol. The monoisotopic (exact) mass is 468 g/mol. The molecule has 0 unspecified atom stereocenters. The predicted molar refractivity (Wildman–Crippen MR) is 128 cm³/mol. The van der Waals surface area contributed by atoms with E-state index in [9.17, 15) is 22.0 Å². The number of halogens is 5. The summed E-state index contributed by atoms with van der Waals surface area (Å²) in [6, 6.07) is 18.2. The lowest BCUT2D eigenvalue weighted by Gasteiger charge is -2.11. The molecule has 0 atom stereocenters. The van der Waals surface area contributed by atoms with E-state index in [1.807, 2.05) is 24.3 Å². The third kappa shape index (κ3) is 5.30. The highest BCUT2D eigenvalue weighted by Crippen LogP contribution is 2.35. The van der Waals surface area contributed by atoms with Gasteiger partial charge >= 0.3 is 6.18 Å². The molecule has 0 fully saturated rings. The second kappa shape index (κ2) is 9.96. The first-order valence-corrected chi connectivity index (χ1v) is 11.5. The summed E-state index contributed by atoms with van der Waals surface area (Å²) < 4.78 is 68.2. The van der Waals surface area contributed by atoms with Gasteiger partial charge in [0, 0.05) is 0 Å². The van der Waals surface area contributed by atoms with Crippen LogP contribution >= 0.6 is 0 Å². The van der Waals surface area contributed by atoms with Crippen LogP contribution in [0.3, 0.4) is 0 Å². The minimum absolute atomic E-state index is 0.0551. The van der Waals surface area contributed by atoms with E-state index in [-0.39, 0.29) is 11.1 Å². The number of aryl methyl sites for hydroxylation is 1. The molecule has 5 heteroatoms. The van der Waals surface area contributed by atoms with Crippen LogP contribution in [0.15, 0.2) is 72.8 Å². The summed E-state index contributed by atoms with van der Waals surface area (Å²) in [7, 11) is 0. The van der Waals surface area contributed by atoms with E-state index in [0.717, 1.165) is 47.9 Å². The van der Waals surface area contributed by atoms with Gasteiger partial charge in [-0.2, -0.15) is 13.2 Å². The van der Waals surface area contributed by atoms with E-state index in [4.69, 9.17) is 0 Å². The van der Waals surface area contributed by atoms with Crippen molar-refractivity contribution in [1.82, 2.24) is 0 Å². The fourth-order valence-corrected chi connectivity index (χ4v) is 4.23. The van der Waals surface area contributed by atoms with Crippen LogP contribution in [-0.4, -0.2) is 0 Å². The van der Waals surface area contributed by atoms with Crippen molar-refractivity contribution in [3.8, 4) is 22.3 Å². The maximum Gasteiger partial charge on any atom is 0.416 e. The third-order valence-electron chi connectivity index (χ3n) is 6.10. The Morgan fingerprint density at radius 1 is 0.618 bits per heavy atom. The summed E-state index contributed by atoms with van der Waals surface area (Å²) in [4.78, 5) is 0. The van der Waals surface area contributed by atoms with Crippen molar-refractivity contribution in [2.75, 3.05) is 0 Å². The highest BCUT2D eigenvalue weighted by molar-refractivity contribution is 5.88. The number of hydrogen-bond acceptors (Lipinski definition) is 0. The fraction of sp³-hybridized carbons (Fsp3) is 0.241. The lowest BCUT2D eigenvalue weighted by molar-refractivity contribution is -0.137. The molecule has 4 rings (SSSR count). The molecular weight excluding hydrogens is 443 g/mol. The van der Waals surface area contributed by atoms with Gasteiger partial charge in [0.15, 0.2) is 0 Å². The van der Waals surface area contributed by atoms with Gasteiger partial charge < -0.3 is 0 Å². The van der Waals surface area contributed by atoms with Crippen LogP contribution in [0, 0.1) is 11.6 Å². The molecule has 0 nitrogen and oxygen atoms in total. The molecule has 4 aromatic carbocycles. The summed E-state index contributed by atoms with van der Waals surface area (Å²) >= 11 is 0. The molecule has 0 aliphatic carbocycles. The summed E-state index contributed by atoms with van der Waals surface area (Å²) in [5.74, 6) is -1.64. The average Bonchev–Trinajstić information content (AvgIpc) is 2.81. The van der Waals surface area contributed by atoms with Gasteiger partial charge in [0.05, 0.1) is 11.1 Å². The Hall–Kier alpha value is -3.21. The second-order valence-electron chi connectivity index (χ2n) is 8.60. The maximum atomic E-state index is 14.9. The fourth-order valence-electron chi connectivity index (χ4n) is 4.23. The van der Waals surface area contributed by atoms with Crippen LogP contribution in [0.2, 0.25) is 0 Å². The zero-order valence-corrected chi connectivity index (χ0v) is 18.9. The molecule has 0 N–H and O–H groups in total. The van der Waals surface area contributed by atoms with Gasteiger partial charge in [-0.15, -0.1) is 0 Å². The van der Waals surface area contributed by atoms with Gasteiger partial charge in [-0.05, 0) is 76.2 Å². The van der Waals surface area contributed by atoms with Crippen molar-refractivity contribution in [2.24, 2.45) is 0 Å². The number of hydrogen-bond donors (Lipinski definition) is 0. The first-order chi connectivity index (χ1) is 16.3. The lowest BCUT2D eigenvalue weighted by Crippen LogP contribution is -2.04. The van der Waals surface area contributed by atoms with E-state index >= 15 is 0 Å². The molecule has 0 saturated heterocycles. The third-order valence-corrected chi connectivity index (χ3v) is 6.10. The van der Waals surface area contributed by atoms with Gasteiger partial charge in [-0.25, -0.2) is 8.78 Å². The Labute approximate surface area is 196 Å². The van der Waals surface area contributed by atoms with Crippen molar-refractivity contribution in [3.63, 3.8) is 0 Å². The molecule has 0 heterocycles. The summed E-state index contributed by atoms with van der Waals surface area (Å²) in [6.07, 6.45) is 1.33. The quantitative estimate of drug-likeness (QED) is 0.187. The van der Waals surface area contributed by atoms with Gasteiger partial charge in [0.2, 0.25) is 0 Å². The second-order valence-corrected chi connectivity index (χ2v) is 8.60. The Balaban J connectivity index is 1.60. The molecular formula is C29H25F5. The smallest absolute Gasteiger partial charge is 0.206 e. The Kier molecular flexibility index (Phi) is 7.01. The van der Waals surface area contributed by atoms with E-state index < -0.39 is 23.4 Å². The summed E-state index contributed by atoms with van der Waals surface area (Å²) in [6.45, 7) is 2.19. The topological polar surface area (TPSA) is 0 Å². The molecule has 0 aromatic heterocycles. The normalized spacial score (nSPS) is 11.8. The highest BCUT2D eigenvalue weighted by atomic mass is 19.4. The van der Waals surface area contributed by atoms with Gasteiger partial charge in [0.25, 0.3) is 0 Å². The number of fused-ring (bicyclic) bond motifs is 1. The van der Waals surface area contributed by atoms with Crippen LogP contribution in [0.5, 0.6) is 0 Å². The lowest BCUT2D eigenvalue weighted by atomic mass is 9.96. The molecule has 0 aliphatic rings. The van der Waals surface area contributed by atoms with E-state index in [0.29, 0.717) is 11.1 Å². The van der Waals surface area contributed by atoms with E-state index in [1.54, 1.807) is 0 Å². The predicted octanol–water partition coefficient (Wildman–Crippen LogP) is 9.59. The molecule has 0 bridgehead atoms. The molecule has 0 radical (unpaired) electrons. The van der Waals surface area contributed by atoms with E-state index in [2.05, 4.69) is 19.1 Å². The van der Waals surface area contributed by atoms with Gasteiger partial charge in [-0.1, -0.05) is 68.7 Å². The number of rotatable bonds is 7. The van der Waals surface area contributed by atoms with Crippen LogP contribution < -0.4 is 0 Å². The van der Waals surface area contributed by atoms with Crippen molar-refractivity contribution in [2.45, 2.75) is 45.2 Å². The first-order valence-electron chi connectivity index (χ1n) is 11.5. The maximum absolute atomic E-state index is 14.9. The molecule has 4 aromatic rings. The van der Waals surface area contributed by atoms with Crippen molar-refractivity contribution < 1.29 is 22.0 Å². The number of unbranched alkanes of at least 4 members (excludes halogenated alkanes) is 3. The minimum Gasteiger partial charge on any atom is -0.206 e. The largest absolute Gasteiger partial charge is 0.416 e. The Morgan fingerprint density at radius 3 is 1.88 bits per heavy atom. The molecule has 176 valence electrons.